The van der Waals surface area contributed by atoms with Crippen molar-refractivity contribution in [2.24, 2.45) is 0 Å². The van der Waals surface area contributed by atoms with Gasteiger partial charge in [0, 0.05) is 6.54 Å². The van der Waals surface area contributed by atoms with Crippen molar-refractivity contribution in [1.29, 1.82) is 0 Å². The largest absolute Gasteiger partial charge is 0.355 e. The summed E-state index contributed by atoms with van der Waals surface area (Å²) in [5, 5.41) is 9.17. The molecule has 3 N–H and O–H groups in total. The molecule has 0 aromatic carbocycles. The quantitative estimate of drug-likeness (QED) is 0.491. The van der Waals surface area contributed by atoms with Gasteiger partial charge in [0.15, 0.2) is 0 Å². The highest BCUT2D eigenvalue weighted by molar-refractivity contribution is 5.81. The zero-order valence-electron chi connectivity index (χ0n) is 10.2. The van der Waals surface area contributed by atoms with E-state index in [9.17, 15) is 4.79 Å². The van der Waals surface area contributed by atoms with E-state index < -0.39 is 0 Å². The number of carbonyl (C=O) groups is 1. The minimum Gasteiger partial charge on any atom is -0.355 e. The third-order valence-corrected chi connectivity index (χ3v) is 2.29. The third kappa shape index (κ3) is 7.33. The molecule has 15 heavy (non-hydrogen) atoms. The lowest BCUT2D eigenvalue weighted by Gasteiger charge is -2.16. The van der Waals surface area contributed by atoms with E-state index in [2.05, 4.69) is 16.0 Å². The van der Waals surface area contributed by atoms with Crippen molar-refractivity contribution >= 4 is 5.91 Å². The first-order valence-corrected chi connectivity index (χ1v) is 5.91. The number of unbranched alkanes of at least 4 members (excludes halogenated alkanes) is 1. The van der Waals surface area contributed by atoms with Gasteiger partial charge in [-0.15, -0.1) is 0 Å². The van der Waals surface area contributed by atoms with Crippen LogP contribution in [0.1, 0.15) is 33.1 Å². The standard InChI is InChI=1S/C11H25N3O/c1-4-13-10(11(15)14-5-2)8-6-7-9-12-3/h10,12-13H,4-9H2,1-3H3,(H,14,15)/t10-/m0/s1. The molecule has 1 amide bonds. The Morgan fingerprint density at radius 3 is 2.47 bits per heavy atom. The predicted molar refractivity (Wildman–Crippen MR) is 63.9 cm³/mol. The number of carbonyl (C=O) groups excluding carboxylic acids is 1. The van der Waals surface area contributed by atoms with Crippen LogP contribution in [0.2, 0.25) is 0 Å². The second kappa shape index (κ2) is 9.93. The Morgan fingerprint density at radius 2 is 1.93 bits per heavy atom. The van der Waals surface area contributed by atoms with Crippen LogP contribution < -0.4 is 16.0 Å². The van der Waals surface area contributed by atoms with Gasteiger partial charge in [0.2, 0.25) is 5.91 Å². The topological polar surface area (TPSA) is 53.2 Å². The third-order valence-electron chi connectivity index (χ3n) is 2.29. The fourth-order valence-electron chi connectivity index (χ4n) is 1.52. The minimum atomic E-state index is -0.0215. The number of hydrogen-bond acceptors (Lipinski definition) is 3. The first kappa shape index (κ1) is 14.4. The highest BCUT2D eigenvalue weighted by Gasteiger charge is 2.15. The van der Waals surface area contributed by atoms with Gasteiger partial charge < -0.3 is 16.0 Å². The van der Waals surface area contributed by atoms with Crippen molar-refractivity contribution < 1.29 is 4.79 Å². The summed E-state index contributed by atoms with van der Waals surface area (Å²) in [5.41, 5.74) is 0. The maximum Gasteiger partial charge on any atom is 0.237 e. The molecular weight excluding hydrogens is 190 g/mol. The van der Waals surface area contributed by atoms with Crippen LogP contribution in [0.25, 0.3) is 0 Å². The van der Waals surface area contributed by atoms with E-state index in [4.69, 9.17) is 0 Å². The number of nitrogens with one attached hydrogen (secondary N) is 3. The van der Waals surface area contributed by atoms with Crippen LogP contribution in [0.3, 0.4) is 0 Å². The Hall–Kier alpha value is -0.610. The van der Waals surface area contributed by atoms with Crippen LogP contribution in [-0.4, -0.2) is 38.6 Å². The fourth-order valence-corrected chi connectivity index (χ4v) is 1.52. The normalized spacial score (nSPS) is 12.5. The summed E-state index contributed by atoms with van der Waals surface area (Å²) in [7, 11) is 1.95. The molecular formula is C11H25N3O. The molecule has 0 aromatic heterocycles. The summed E-state index contributed by atoms with van der Waals surface area (Å²) in [4.78, 5) is 11.6. The van der Waals surface area contributed by atoms with Gasteiger partial charge in [-0.05, 0) is 39.9 Å². The van der Waals surface area contributed by atoms with Gasteiger partial charge in [0.05, 0.1) is 6.04 Å². The van der Waals surface area contributed by atoms with Crippen LogP contribution in [0.5, 0.6) is 0 Å². The van der Waals surface area contributed by atoms with Crippen LogP contribution in [0.15, 0.2) is 0 Å². The van der Waals surface area contributed by atoms with E-state index in [1.165, 1.54) is 0 Å². The summed E-state index contributed by atoms with van der Waals surface area (Å²) < 4.78 is 0. The highest BCUT2D eigenvalue weighted by atomic mass is 16.2. The summed E-state index contributed by atoms with van der Waals surface area (Å²) in [6.07, 6.45) is 3.12. The molecule has 90 valence electrons. The monoisotopic (exact) mass is 215 g/mol. The van der Waals surface area contributed by atoms with Gasteiger partial charge in [0.1, 0.15) is 0 Å². The van der Waals surface area contributed by atoms with Gasteiger partial charge in [0.25, 0.3) is 0 Å². The maximum absolute atomic E-state index is 11.6. The Labute approximate surface area is 93.2 Å². The molecule has 0 aliphatic heterocycles. The molecule has 0 saturated heterocycles. The number of rotatable bonds is 9. The molecule has 0 heterocycles. The number of amides is 1. The zero-order chi connectivity index (χ0) is 11.5. The second-order valence-electron chi connectivity index (χ2n) is 3.60. The molecule has 1 atom stereocenters. The van der Waals surface area contributed by atoms with Gasteiger partial charge >= 0.3 is 0 Å². The summed E-state index contributed by atoms with van der Waals surface area (Å²) in [6, 6.07) is -0.0215. The van der Waals surface area contributed by atoms with E-state index >= 15 is 0 Å². The molecule has 0 unspecified atom stereocenters. The average Bonchev–Trinajstić information content (AvgIpc) is 2.23. The van der Waals surface area contributed by atoms with Crippen molar-refractivity contribution in [3.8, 4) is 0 Å². The molecule has 0 aliphatic carbocycles. The lowest BCUT2D eigenvalue weighted by atomic mass is 10.1. The highest BCUT2D eigenvalue weighted by Crippen LogP contribution is 2.00. The molecule has 0 aliphatic rings. The molecule has 0 rings (SSSR count). The summed E-state index contributed by atoms with van der Waals surface area (Å²) >= 11 is 0. The lowest BCUT2D eigenvalue weighted by molar-refractivity contribution is -0.123. The number of hydrogen-bond donors (Lipinski definition) is 3. The first-order valence-electron chi connectivity index (χ1n) is 5.91. The SMILES string of the molecule is CCNC(=O)[C@H](CCCCNC)NCC. The molecule has 4 heteroatoms. The van der Waals surface area contributed by atoms with Crippen molar-refractivity contribution in [3.05, 3.63) is 0 Å². The van der Waals surface area contributed by atoms with Crippen molar-refractivity contribution in [1.82, 2.24) is 16.0 Å². The molecule has 0 bridgehead atoms. The van der Waals surface area contributed by atoms with Gasteiger partial charge in [-0.1, -0.05) is 13.3 Å². The molecule has 0 radical (unpaired) electrons. The van der Waals surface area contributed by atoms with Crippen molar-refractivity contribution in [2.75, 3.05) is 26.7 Å². The Morgan fingerprint density at radius 1 is 1.20 bits per heavy atom. The van der Waals surface area contributed by atoms with Crippen LogP contribution in [0, 0.1) is 0 Å². The Kier molecular flexibility index (Phi) is 9.52. The van der Waals surface area contributed by atoms with Crippen LogP contribution in [0.4, 0.5) is 0 Å². The first-order chi connectivity index (χ1) is 7.26. The molecule has 0 fully saturated rings. The molecule has 0 saturated carbocycles. The molecule has 4 nitrogen and oxygen atoms in total. The van der Waals surface area contributed by atoms with Crippen molar-refractivity contribution in [2.45, 2.75) is 39.2 Å². The summed E-state index contributed by atoms with van der Waals surface area (Å²) in [6.45, 7) is 6.54. The van der Waals surface area contributed by atoms with Gasteiger partial charge in [-0.3, -0.25) is 4.79 Å². The van der Waals surface area contributed by atoms with Crippen LogP contribution >= 0.6 is 0 Å². The van der Waals surface area contributed by atoms with E-state index in [0.29, 0.717) is 6.54 Å². The second-order valence-corrected chi connectivity index (χ2v) is 3.60. The van der Waals surface area contributed by atoms with E-state index in [1.807, 2.05) is 20.9 Å². The van der Waals surface area contributed by atoms with Gasteiger partial charge in [-0.2, -0.15) is 0 Å². The molecule has 0 aromatic rings. The van der Waals surface area contributed by atoms with Gasteiger partial charge in [-0.25, -0.2) is 0 Å². The minimum absolute atomic E-state index is 0.0215. The van der Waals surface area contributed by atoms with E-state index in [-0.39, 0.29) is 11.9 Å². The Bertz CT molecular complexity index is 162. The lowest BCUT2D eigenvalue weighted by Crippen LogP contribution is -2.44. The summed E-state index contributed by atoms with van der Waals surface area (Å²) in [5.74, 6) is 0.129. The number of likely N-dealkylation sites (N-methyl/N-ethyl adjacent to an activating group) is 2. The van der Waals surface area contributed by atoms with E-state index in [0.717, 1.165) is 32.4 Å². The van der Waals surface area contributed by atoms with Crippen LogP contribution in [-0.2, 0) is 4.79 Å². The Balaban J connectivity index is 3.76. The molecule has 0 spiro atoms. The van der Waals surface area contributed by atoms with E-state index in [1.54, 1.807) is 0 Å². The smallest absolute Gasteiger partial charge is 0.237 e. The maximum atomic E-state index is 11.6. The fraction of sp³-hybridized carbons (Fsp3) is 0.909. The average molecular weight is 215 g/mol. The predicted octanol–water partition coefficient (Wildman–Crippen LogP) is 0.490. The zero-order valence-corrected chi connectivity index (χ0v) is 10.2. The van der Waals surface area contributed by atoms with Crippen molar-refractivity contribution in [3.63, 3.8) is 0 Å².